The van der Waals surface area contributed by atoms with Gasteiger partial charge in [0.15, 0.2) is 5.60 Å². The summed E-state index contributed by atoms with van der Waals surface area (Å²) in [6.45, 7) is 0. The molecule has 4 aromatic rings. The summed E-state index contributed by atoms with van der Waals surface area (Å²) >= 11 is 18.9. The van der Waals surface area contributed by atoms with Gasteiger partial charge in [-0.25, -0.2) is 4.39 Å². The molecule has 1 heterocycles. The highest BCUT2D eigenvalue weighted by Crippen LogP contribution is 2.47. The topological polar surface area (TPSA) is 21.3 Å². The summed E-state index contributed by atoms with van der Waals surface area (Å²) in [5.74, 6) is -0.462. The summed E-state index contributed by atoms with van der Waals surface area (Å²) in [5, 5.41) is 4.52. The number of halogens is 4. The SMILES string of the molecule is Fc1ccc(-c2ccc3c(c2)C(c2cccc(Cl)c2)(c2cccc(Cl)c2)OC=CN3)cc1Cl. The summed E-state index contributed by atoms with van der Waals surface area (Å²) in [5.41, 5.74) is 3.95. The molecule has 0 aromatic heterocycles. The Kier molecular flexibility index (Phi) is 5.79. The molecule has 0 atom stereocenters. The highest BCUT2D eigenvalue weighted by atomic mass is 35.5. The number of ether oxygens (including phenoxy) is 1. The Bertz CT molecular complexity index is 1340. The quantitative estimate of drug-likeness (QED) is 0.306. The molecule has 164 valence electrons. The molecule has 0 unspecified atom stereocenters. The second kappa shape index (κ2) is 8.75. The van der Waals surface area contributed by atoms with E-state index in [4.69, 9.17) is 39.5 Å². The van der Waals surface area contributed by atoms with Gasteiger partial charge in [0.2, 0.25) is 0 Å². The van der Waals surface area contributed by atoms with Crippen molar-refractivity contribution < 1.29 is 9.13 Å². The van der Waals surface area contributed by atoms with Crippen LogP contribution in [-0.4, -0.2) is 0 Å². The molecule has 1 aliphatic heterocycles. The van der Waals surface area contributed by atoms with Gasteiger partial charge >= 0.3 is 0 Å². The van der Waals surface area contributed by atoms with Crippen LogP contribution in [0.3, 0.4) is 0 Å². The molecule has 0 amide bonds. The minimum atomic E-state index is -1.05. The first-order valence-corrected chi connectivity index (χ1v) is 11.3. The lowest BCUT2D eigenvalue weighted by Crippen LogP contribution is -2.31. The molecule has 0 saturated carbocycles. The minimum absolute atomic E-state index is 0.0643. The predicted molar refractivity (Wildman–Crippen MR) is 133 cm³/mol. The normalized spacial score (nSPS) is 14.1. The fourth-order valence-corrected chi connectivity index (χ4v) is 4.73. The van der Waals surface area contributed by atoms with Gasteiger partial charge in [-0.1, -0.05) is 71.2 Å². The standard InChI is InChI=1S/C27H17Cl3FNO/c28-21-5-1-3-19(15-21)27(20-4-2-6-22(29)16-20)23-13-17(8-10-26(23)32-11-12-33-27)18-7-9-25(31)24(30)14-18/h1-16,32H. The van der Waals surface area contributed by atoms with Gasteiger partial charge in [0.1, 0.15) is 12.1 Å². The van der Waals surface area contributed by atoms with Crippen LogP contribution in [0.25, 0.3) is 11.1 Å². The van der Waals surface area contributed by atoms with Crippen LogP contribution in [0.2, 0.25) is 15.1 Å². The number of anilines is 1. The molecule has 33 heavy (non-hydrogen) atoms. The van der Waals surface area contributed by atoms with Gasteiger partial charge in [-0.15, -0.1) is 0 Å². The second-order valence-electron chi connectivity index (χ2n) is 7.66. The van der Waals surface area contributed by atoms with Crippen LogP contribution in [0, 0.1) is 5.82 Å². The Morgan fingerprint density at radius 3 is 2.00 bits per heavy atom. The van der Waals surface area contributed by atoms with Crippen molar-refractivity contribution in [3.63, 3.8) is 0 Å². The molecule has 2 nitrogen and oxygen atoms in total. The minimum Gasteiger partial charge on any atom is -0.479 e. The number of fused-ring (bicyclic) bond motifs is 1. The molecule has 0 aliphatic carbocycles. The van der Waals surface area contributed by atoms with Gasteiger partial charge in [0, 0.05) is 38.6 Å². The van der Waals surface area contributed by atoms with E-state index in [1.807, 2.05) is 66.7 Å². The zero-order valence-electron chi connectivity index (χ0n) is 17.2. The Morgan fingerprint density at radius 1 is 0.727 bits per heavy atom. The fourth-order valence-electron chi connectivity index (χ4n) is 4.17. The lowest BCUT2D eigenvalue weighted by Gasteiger charge is -2.35. The van der Waals surface area contributed by atoms with E-state index in [2.05, 4.69) is 5.32 Å². The molecule has 5 rings (SSSR count). The molecular formula is C27H17Cl3FNO. The maximum Gasteiger partial charge on any atom is 0.185 e. The number of hydrogen-bond donors (Lipinski definition) is 1. The predicted octanol–water partition coefficient (Wildman–Crippen LogP) is 8.66. The van der Waals surface area contributed by atoms with E-state index in [0.29, 0.717) is 10.0 Å². The average Bonchev–Trinajstić information content (AvgIpc) is 3.01. The van der Waals surface area contributed by atoms with Crippen molar-refractivity contribution in [2.75, 3.05) is 5.32 Å². The zero-order chi connectivity index (χ0) is 23.0. The van der Waals surface area contributed by atoms with E-state index in [-0.39, 0.29) is 5.02 Å². The summed E-state index contributed by atoms with van der Waals surface area (Å²) in [6, 6.07) is 25.7. The Labute approximate surface area is 206 Å². The van der Waals surface area contributed by atoms with E-state index in [1.54, 1.807) is 24.6 Å². The van der Waals surface area contributed by atoms with Crippen LogP contribution in [0.1, 0.15) is 16.7 Å². The van der Waals surface area contributed by atoms with Crippen molar-refractivity contribution in [2.45, 2.75) is 5.60 Å². The molecule has 6 heteroatoms. The first-order chi connectivity index (χ1) is 16.0. The van der Waals surface area contributed by atoms with Crippen LogP contribution >= 0.6 is 34.8 Å². The lowest BCUT2D eigenvalue weighted by molar-refractivity contribution is 0.1000. The van der Waals surface area contributed by atoms with Crippen molar-refractivity contribution in [1.29, 1.82) is 0 Å². The Balaban J connectivity index is 1.82. The van der Waals surface area contributed by atoms with Gasteiger partial charge in [0.05, 0.1) is 5.02 Å². The molecule has 0 saturated heterocycles. The van der Waals surface area contributed by atoms with Crippen LogP contribution < -0.4 is 5.32 Å². The molecule has 0 spiro atoms. The van der Waals surface area contributed by atoms with Gasteiger partial charge < -0.3 is 10.1 Å². The number of rotatable bonds is 3. The monoisotopic (exact) mass is 495 g/mol. The van der Waals surface area contributed by atoms with Crippen molar-refractivity contribution in [3.05, 3.63) is 135 Å². The van der Waals surface area contributed by atoms with Crippen molar-refractivity contribution in [1.82, 2.24) is 0 Å². The van der Waals surface area contributed by atoms with E-state index < -0.39 is 11.4 Å². The number of benzene rings is 4. The molecule has 4 aromatic carbocycles. The fraction of sp³-hybridized carbons (Fsp3) is 0.0370. The molecular weight excluding hydrogens is 480 g/mol. The first-order valence-electron chi connectivity index (χ1n) is 10.2. The molecule has 1 N–H and O–H groups in total. The summed E-state index contributed by atoms with van der Waals surface area (Å²) in [7, 11) is 0. The van der Waals surface area contributed by atoms with E-state index in [0.717, 1.165) is 33.5 Å². The third-order valence-electron chi connectivity index (χ3n) is 5.67. The molecule has 0 fully saturated rings. The molecule has 0 radical (unpaired) electrons. The van der Waals surface area contributed by atoms with Crippen LogP contribution in [-0.2, 0) is 10.3 Å². The zero-order valence-corrected chi connectivity index (χ0v) is 19.4. The largest absolute Gasteiger partial charge is 0.479 e. The summed E-state index contributed by atoms with van der Waals surface area (Å²) in [6.07, 6.45) is 3.36. The van der Waals surface area contributed by atoms with E-state index in [1.165, 1.54) is 6.07 Å². The highest BCUT2D eigenvalue weighted by Gasteiger charge is 2.41. The van der Waals surface area contributed by atoms with Crippen LogP contribution in [0.5, 0.6) is 0 Å². The van der Waals surface area contributed by atoms with Crippen molar-refractivity contribution in [3.8, 4) is 11.1 Å². The first kappa shape index (κ1) is 21.8. The Hall–Kier alpha value is -2.98. The highest BCUT2D eigenvalue weighted by molar-refractivity contribution is 6.31. The van der Waals surface area contributed by atoms with Crippen LogP contribution in [0.15, 0.2) is 97.4 Å². The Morgan fingerprint density at radius 2 is 1.36 bits per heavy atom. The maximum absolute atomic E-state index is 13.8. The van der Waals surface area contributed by atoms with E-state index in [9.17, 15) is 4.39 Å². The van der Waals surface area contributed by atoms with Gasteiger partial charge in [-0.05, 0) is 59.7 Å². The number of nitrogens with one attached hydrogen (secondary N) is 1. The molecule has 0 bridgehead atoms. The molecule has 1 aliphatic rings. The maximum atomic E-state index is 13.8. The van der Waals surface area contributed by atoms with Crippen LogP contribution in [0.4, 0.5) is 10.1 Å². The van der Waals surface area contributed by atoms with Gasteiger partial charge in [-0.3, -0.25) is 0 Å². The lowest BCUT2D eigenvalue weighted by atomic mass is 9.78. The summed E-state index contributed by atoms with van der Waals surface area (Å²) in [4.78, 5) is 0. The van der Waals surface area contributed by atoms with Crippen molar-refractivity contribution in [2.24, 2.45) is 0 Å². The number of hydrogen-bond acceptors (Lipinski definition) is 2. The third kappa shape index (κ3) is 3.97. The third-order valence-corrected chi connectivity index (χ3v) is 6.43. The smallest absolute Gasteiger partial charge is 0.185 e. The van der Waals surface area contributed by atoms with E-state index >= 15 is 0 Å². The average molecular weight is 497 g/mol. The summed E-state index contributed by atoms with van der Waals surface area (Å²) < 4.78 is 20.3. The second-order valence-corrected chi connectivity index (χ2v) is 8.94. The van der Waals surface area contributed by atoms with Gasteiger partial charge in [-0.2, -0.15) is 0 Å². The van der Waals surface area contributed by atoms with Crippen molar-refractivity contribution >= 4 is 40.5 Å². The van der Waals surface area contributed by atoms with Gasteiger partial charge in [0.25, 0.3) is 0 Å².